The second kappa shape index (κ2) is 5.41. The lowest BCUT2D eigenvalue weighted by Crippen LogP contribution is -2.19. The molecule has 104 valence electrons. The van der Waals surface area contributed by atoms with Gasteiger partial charge in [-0.25, -0.2) is 9.37 Å². The van der Waals surface area contributed by atoms with E-state index in [4.69, 9.17) is 11.6 Å². The third kappa shape index (κ3) is 2.95. The molecule has 2 aromatic rings. The van der Waals surface area contributed by atoms with Gasteiger partial charge in [0, 0.05) is 12.6 Å². The van der Waals surface area contributed by atoms with Gasteiger partial charge in [0.15, 0.2) is 0 Å². The largest absolute Gasteiger partial charge is 0.326 e. The quantitative estimate of drug-likeness (QED) is 0.702. The summed E-state index contributed by atoms with van der Waals surface area (Å²) in [5, 5.41) is 0. The molecule has 0 radical (unpaired) electrons. The molecule has 0 fully saturated rings. The Morgan fingerprint density at radius 3 is 2.68 bits per heavy atom. The van der Waals surface area contributed by atoms with Gasteiger partial charge in [-0.15, -0.1) is 11.6 Å². The Morgan fingerprint density at radius 1 is 1.42 bits per heavy atom. The lowest BCUT2D eigenvalue weighted by molar-refractivity contribution is 0.295. The van der Waals surface area contributed by atoms with E-state index < -0.39 is 0 Å². The highest BCUT2D eigenvalue weighted by atomic mass is 79.9. The summed E-state index contributed by atoms with van der Waals surface area (Å²) in [5.41, 5.74) is 1.73. The molecule has 1 aromatic heterocycles. The molecule has 0 aliphatic rings. The summed E-state index contributed by atoms with van der Waals surface area (Å²) in [5.74, 6) is 0.817. The number of benzene rings is 1. The van der Waals surface area contributed by atoms with Crippen molar-refractivity contribution in [3.05, 3.63) is 28.2 Å². The van der Waals surface area contributed by atoms with Crippen molar-refractivity contribution in [2.24, 2.45) is 5.41 Å². The van der Waals surface area contributed by atoms with Crippen molar-refractivity contribution in [1.82, 2.24) is 9.55 Å². The molecule has 0 N–H and O–H groups in total. The zero-order valence-electron chi connectivity index (χ0n) is 11.3. The average molecular weight is 348 g/mol. The van der Waals surface area contributed by atoms with Gasteiger partial charge in [0.25, 0.3) is 0 Å². The normalized spacial score (nSPS) is 12.3. The van der Waals surface area contributed by atoms with Crippen LogP contribution in [0.15, 0.2) is 16.6 Å². The predicted molar refractivity (Wildman–Crippen MR) is 81.0 cm³/mol. The molecule has 0 saturated heterocycles. The van der Waals surface area contributed by atoms with E-state index in [1.54, 1.807) is 6.07 Å². The van der Waals surface area contributed by atoms with E-state index in [0.717, 1.165) is 24.3 Å². The lowest BCUT2D eigenvalue weighted by Gasteiger charge is -2.24. The van der Waals surface area contributed by atoms with Gasteiger partial charge < -0.3 is 4.57 Å². The summed E-state index contributed by atoms with van der Waals surface area (Å²) >= 11 is 9.20. The minimum atomic E-state index is -0.298. The molecule has 0 saturated carbocycles. The Bertz CT molecular complexity index is 607. The number of aromatic nitrogens is 2. The summed E-state index contributed by atoms with van der Waals surface area (Å²) in [4.78, 5) is 4.42. The molecule has 1 aromatic carbocycles. The van der Waals surface area contributed by atoms with Crippen LogP contribution in [0.1, 0.15) is 33.0 Å². The summed E-state index contributed by atoms with van der Waals surface area (Å²) in [6.45, 7) is 7.39. The van der Waals surface area contributed by atoms with Crippen LogP contribution in [0.5, 0.6) is 0 Å². The molecule has 0 aliphatic carbocycles. The van der Waals surface area contributed by atoms with E-state index in [1.807, 2.05) is 0 Å². The smallest absolute Gasteiger partial charge is 0.139 e. The van der Waals surface area contributed by atoms with Crippen molar-refractivity contribution in [3.63, 3.8) is 0 Å². The number of hydrogen-bond donors (Lipinski definition) is 0. The average Bonchev–Trinajstić information content (AvgIpc) is 2.67. The molecule has 0 amide bonds. The minimum Gasteiger partial charge on any atom is -0.326 e. The second-order valence-electron chi connectivity index (χ2n) is 5.52. The van der Waals surface area contributed by atoms with Gasteiger partial charge in [-0.05, 0) is 33.8 Å². The highest BCUT2D eigenvalue weighted by Crippen LogP contribution is 2.29. The Kier molecular flexibility index (Phi) is 4.21. The summed E-state index contributed by atoms with van der Waals surface area (Å²) in [6.07, 6.45) is 1.05. The Labute approximate surface area is 126 Å². The molecule has 1 heterocycles. The fraction of sp³-hybridized carbons (Fsp3) is 0.500. The van der Waals surface area contributed by atoms with Crippen LogP contribution in [0, 0.1) is 11.2 Å². The third-order valence-electron chi connectivity index (χ3n) is 3.53. The number of halogens is 3. The first-order valence-electron chi connectivity index (χ1n) is 6.28. The summed E-state index contributed by atoms with van der Waals surface area (Å²) in [7, 11) is 0. The van der Waals surface area contributed by atoms with Gasteiger partial charge in [-0.3, -0.25) is 0 Å². The van der Waals surface area contributed by atoms with Crippen LogP contribution in [0.25, 0.3) is 11.0 Å². The highest BCUT2D eigenvalue weighted by molar-refractivity contribution is 9.10. The Morgan fingerprint density at radius 2 is 2.11 bits per heavy atom. The van der Waals surface area contributed by atoms with E-state index in [1.165, 1.54) is 6.07 Å². The van der Waals surface area contributed by atoms with Crippen LogP contribution >= 0.6 is 27.5 Å². The maximum atomic E-state index is 13.6. The zero-order chi connectivity index (χ0) is 14.2. The first-order valence-corrected chi connectivity index (χ1v) is 7.61. The number of rotatable bonds is 4. The number of nitrogens with zero attached hydrogens (tertiary/aromatic N) is 2. The van der Waals surface area contributed by atoms with Crippen LogP contribution in [0.3, 0.4) is 0 Å². The summed E-state index contributed by atoms with van der Waals surface area (Å²) < 4.78 is 16.1. The molecule has 0 atom stereocenters. The maximum absolute atomic E-state index is 13.6. The van der Waals surface area contributed by atoms with Gasteiger partial charge >= 0.3 is 0 Å². The molecule has 0 unspecified atom stereocenters. The molecule has 2 rings (SSSR count). The standard InChI is InChI=1S/C14H17BrClFN2/c1-4-14(2,3)8-19-12-5-9(15)10(17)6-11(12)18-13(19)7-16/h5-6H,4,7-8H2,1-3H3. The van der Waals surface area contributed by atoms with Gasteiger partial charge in [-0.2, -0.15) is 0 Å². The highest BCUT2D eigenvalue weighted by Gasteiger charge is 2.20. The summed E-state index contributed by atoms with van der Waals surface area (Å²) in [6, 6.07) is 3.23. The van der Waals surface area contributed by atoms with Gasteiger partial charge in [0.1, 0.15) is 11.6 Å². The van der Waals surface area contributed by atoms with Crippen LogP contribution < -0.4 is 0 Å². The molecule has 0 bridgehead atoms. The van der Waals surface area contributed by atoms with E-state index in [2.05, 4.69) is 46.3 Å². The monoisotopic (exact) mass is 346 g/mol. The van der Waals surface area contributed by atoms with Crippen molar-refractivity contribution in [1.29, 1.82) is 0 Å². The SMILES string of the molecule is CCC(C)(C)Cn1c(CCl)nc2cc(F)c(Br)cc21. The second-order valence-corrected chi connectivity index (χ2v) is 6.64. The fourth-order valence-corrected chi connectivity index (χ4v) is 2.52. The Hall–Kier alpha value is -0.610. The van der Waals surface area contributed by atoms with Crippen LogP contribution in [-0.4, -0.2) is 9.55 Å². The third-order valence-corrected chi connectivity index (χ3v) is 4.38. The van der Waals surface area contributed by atoms with Gasteiger partial charge in [0.2, 0.25) is 0 Å². The number of alkyl halides is 1. The molecular formula is C14H17BrClFN2. The maximum Gasteiger partial charge on any atom is 0.139 e. The van der Waals surface area contributed by atoms with Crippen molar-refractivity contribution in [3.8, 4) is 0 Å². The van der Waals surface area contributed by atoms with E-state index >= 15 is 0 Å². The molecule has 5 heteroatoms. The zero-order valence-corrected chi connectivity index (χ0v) is 13.6. The van der Waals surface area contributed by atoms with E-state index in [0.29, 0.717) is 15.9 Å². The molecule has 19 heavy (non-hydrogen) atoms. The Balaban J connectivity index is 2.60. The van der Waals surface area contributed by atoms with Gasteiger partial charge in [-0.1, -0.05) is 20.8 Å². The van der Waals surface area contributed by atoms with Crippen LogP contribution in [-0.2, 0) is 12.4 Å². The molecular weight excluding hydrogens is 331 g/mol. The van der Waals surface area contributed by atoms with Crippen molar-refractivity contribution in [2.75, 3.05) is 0 Å². The number of imidazole rings is 1. The molecule has 0 aliphatic heterocycles. The van der Waals surface area contributed by atoms with Gasteiger partial charge in [0.05, 0.1) is 21.4 Å². The topological polar surface area (TPSA) is 17.8 Å². The molecule has 0 spiro atoms. The van der Waals surface area contributed by atoms with Crippen molar-refractivity contribution < 1.29 is 4.39 Å². The lowest BCUT2D eigenvalue weighted by atomic mass is 9.90. The first kappa shape index (κ1) is 14.8. The van der Waals surface area contributed by atoms with E-state index in [9.17, 15) is 4.39 Å². The van der Waals surface area contributed by atoms with Crippen molar-refractivity contribution in [2.45, 2.75) is 39.6 Å². The molecule has 2 nitrogen and oxygen atoms in total. The van der Waals surface area contributed by atoms with Crippen LogP contribution in [0.4, 0.5) is 4.39 Å². The number of fused-ring (bicyclic) bond motifs is 1. The number of hydrogen-bond acceptors (Lipinski definition) is 1. The predicted octanol–water partition coefficient (Wildman–Crippen LogP) is 5.11. The van der Waals surface area contributed by atoms with Crippen molar-refractivity contribution >= 4 is 38.6 Å². The first-order chi connectivity index (χ1) is 8.88. The minimum absolute atomic E-state index is 0.148. The van der Waals surface area contributed by atoms with E-state index in [-0.39, 0.29) is 11.2 Å². The fourth-order valence-electron chi connectivity index (χ4n) is 1.99. The van der Waals surface area contributed by atoms with Crippen LogP contribution in [0.2, 0.25) is 0 Å².